The molecule has 1 amide bonds. The van der Waals surface area contributed by atoms with E-state index >= 15 is 0 Å². The molecule has 0 spiro atoms. The van der Waals surface area contributed by atoms with Gasteiger partial charge in [-0.25, -0.2) is 4.79 Å². The maximum atomic E-state index is 12.0. The van der Waals surface area contributed by atoms with Crippen molar-refractivity contribution in [3.8, 4) is 0 Å². The molecular formula is C12H10Cl3NO4. The van der Waals surface area contributed by atoms with Crippen molar-refractivity contribution < 1.29 is 19.4 Å². The fourth-order valence-electron chi connectivity index (χ4n) is 1.84. The average Bonchev–Trinajstić information content (AvgIpc) is 2.85. The van der Waals surface area contributed by atoms with E-state index in [0.717, 1.165) is 0 Å². The minimum Gasteiger partial charge on any atom is -0.479 e. The van der Waals surface area contributed by atoms with E-state index in [-0.39, 0.29) is 15.1 Å². The number of anilines is 1. The number of nitrogens with one attached hydrogen (secondary N) is 1. The van der Waals surface area contributed by atoms with Gasteiger partial charge in [-0.2, -0.15) is 0 Å². The minimum absolute atomic E-state index is 0.237. The van der Waals surface area contributed by atoms with Crippen molar-refractivity contribution in [2.75, 3.05) is 5.32 Å². The quantitative estimate of drug-likeness (QED) is 0.830. The molecule has 0 unspecified atom stereocenters. The molecule has 8 heteroatoms. The van der Waals surface area contributed by atoms with E-state index in [1.807, 2.05) is 0 Å². The molecule has 0 aromatic heterocycles. The third-order valence-electron chi connectivity index (χ3n) is 2.86. The van der Waals surface area contributed by atoms with Crippen molar-refractivity contribution in [2.24, 2.45) is 0 Å². The van der Waals surface area contributed by atoms with Crippen LogP contribution in [0, 0.1) is 0 Å². The van der Waals surface area contributed by atoms with Gasteiger partial charge in [0.1, 0.15) is 6.10 Å². The number of carbonyl (C=O) groups is 2. The lowest BCUT2D eigenvalue weighted by molar-refractivity contribution is -0.150. The summed E-state index contributed by atoms with van der Waals surface area (Å²) in [4.78, 5) is 22.7. The SMILES string of the molecule is O=C(Nc1cc(Cl)c(Cl)cc1Cl)[C@@H]1CC[C@H](C(=O)O)O1. The summed E-state index contributed by atoms with van der Waals surface area (Å²) in [6.45, 7) is 0. The first-order chi connectivity index (χ1) is 9.38. The Balaban J connectivity index is 2.06. The van der Waals surface area contributed by atoms with Gasteiger partial charge in [0, 0.05) is 0 Å². The lowest BCUT2D eigenvalue weighted by atomic mass is 10.2. The molecule has 2 atom stereocenters. The zero-order valence-corrected chi connectivity index (χ0v) is 12.3. The van der Waals surface area contributed by atoms with Gasteiger partial charge in [-0.1, -0.05) is 34.8 Å². The molecule has 2 rings (SSSR count). The fourth-order valence-corrected chi connectivity index (χ4v) is 2.44. The Bertz CT molecular complexity index is 564. The summed E-state index contributed by atoms with van der Waals surface area (Å²) in [5.74, 6) is -1.54. The van der Waals surface area contributed by atoms with E-state index in [4.69, 9.17) is 44.6 Å². The zero-order chi connectivity index (χ0) is 14.9. The highest BCUT2D eigenvalue weighted by Crippen LogP contribution is 2.32. The largest absolute Gasteiger partial charge is 0.479 e. The van der Waals surface area contributed by atoms with E-state index in [2.05, 4.69) is 5.32 Å². The Hall–Kier alpha value is -1.01. The molecule has 0 aliphatic carbocycles. The van der Waals surface area contributed by atoms with Gasteiger partial charge in [-0.05, 0) is 25.0 Å². The average molecular weight is 339 g/mol. The molecule has 1 aliphatic heterocycles. The van der Waals surface area contributed by atoms with Crippen LogP contribution in [0.3, 0.4) is 0 Å². The number of aliphatic carboxylic acids is 1. The molecule has 1 aromatic rings. The molecule has 1 aromatic carbocycles. The van der Waals surface area contributed by atoms with E-state index in [9.17, 15) is 9.59 Å². The third kappa shape index (κ3) is 3.35. The molecule has 5 nitrogen and oxygen atoms in total. The number of benzene rings is 1. The highest BCUT2D eigenvalue weighted by atomic mass is 35.5. The van der Waals surface area contributed by atoms with E-state index in [1.165, 1.54) is 12.1 Å². The summed E-state index contributed by atoms with van der Waals surface area (Å²) < 4.78 is 5.14. The van der Waals surface area contributed by atoms with Crippen molar-refractivity contribution in [1.29, 1.82) is 0 Å². The molecule has 20 heavy (non-hydrogen) atoms. The lowest BCUT2D eigenvalue weighted by Gasteiger charge is -2.13. The van der Waals surface area contributed by atoms with Crippen LogP contribution in [-0.2, 0) is 14.3 Å². The molecule has 0 saturated carbocycles. The number of ether oxygens (including phenoxy) is 1. The second kappa shape index (κ2) is 6.18. The van der Waals surface area contributed by atoms with Crippen LogP contribution >= 0.6 is 34.8 Å². The standard InChI is InChI=1S/C12H10Cl3NO4/c13-5-3-7(15)8(4-6(5)14)16-11(17)9-1-2-10(20-9)12(18)19/h3-4,9-10H,1-2H2,(H,16,17)(H,18,19)/t9-,10+/m0/s1. The number of hydrogen-bond donors (Lipinski definition) is 2. The Kier molecular flexibility index (Phi) is 4.75. The summed E-state index contributed by atoms with van der Waals surface area (Å²) in [6, 6.07) is 2.84. The summed E-state index contributed by atoms with van der Waals surface area (Å²) in [7, 11) is 0. The van der Waals surface area contributed by atoms with Crippen molar-refractivity contribution in [2.45, 2.75) is 25.0 Å². The summed E-state index contributed by atoms with van der Waals surface area (Å²) >= 11 is 17.6. The Morgan fingerprint density at radius 1 is 1.10 bits per heavy atom. The van der Waals surface area contributed by atoms with Crippen LogP contribution in [0.25, 0.3) is 0 Å². The third-order valence-corrected chi connectivity index (χ3v) is 3.89. The first-order valence-corrected chi connectivity index (χ1v) is 6.85. The van der Waals surface area contributed by atoms with Crippen LogP contribution in [0.15, 0.2) is 12.1 Å². The number of rotatable bonds is 3. The Morgan fingerprint density at radius 3 is 2.30 bits per heavy atom. The molecule has 1 aliphatic rings. The highest BCUT2D eigenvalue weighted by Gasteiger charge is 2.34. The second-order valence-electron chi connectivity index (χ2n) is 4.26. The van der Waals surface area contributed by atoms with Gasteiger partial charge in [0.25, 0.3) is 5.91 Å². The van der Waals surface area contributed by atoms with Gasteiger partial charge in [0.2, 0.25) is 0 Å². The van der Waals surface area contributed by atoms with Crippen LogP contribution in [0.1, 0.15) is 12.8 Å². The normalized spacial score (nSPS) is 21.8. The van der Waals surface area contributed by atoms with Gasteiger partial charge in [0.05, 0.1) is 20.8 Å². The first-order valence-electron chi connectivity index (χ1n) is 5.72. The molecule has 2 N–H and O–H groups in total. The van der Waals surface area contributed by atoms with Crippen molar-refractivity contribution >= 4 is 52.4 Å². The second-order valence-corrected chi connectivity index (χ2v) is 5.49. The van der Waals surface area contributed by atoms with Crippen molar-refractivity contribution in [1.82, 2.24) is 0 Å². The number of halogens is 3. The number of amides is 1. The summed E-state index contributed by atoms with van der Waals surface area (Å²) in [5, 5.41) is 12.1. The number of hydrogen-bond acceptors (Lipinski definition) is 3. The smallest absolute Gasteiger partial charge is 0.332 e. The first kappa shape index (κ1) is 15.4. The number of carboxylic acid groups (broad SMARTS) is 1. The van der Waals surface area contributed by atoms with Gasteiger partial charge in [-0.3, -0.25) is 4.79 Å². The minimum atomic E-state index is -1.08. The summed E-state index contributed by atoms with van der Waals surface area (Å²) in [5.41, 5.74) is 0.299. The fraction of sp³-hybridized carbons (Fsp3) is 0.333. The molecule has 1 fully saturated rings. The van der Waals surface area contributed by atoms with Crippen LogP contribution in [0.4, 0.5) is 5.69 Å². The van der Waals surface area contributed by atoms with E-state index < -0.39 is 24.1 Å². The zero-order valence-electron chi connectivity index (χ0n) is 10.0. The maximum Gasteiger partial charge on any atom is 0.332 e. The van der Waals surface area contributed by atoms with Gasteiger partial charge >= 0.3 is 5.97 Å². The van der Waals surface area contributed by atoms with Crippen molar-refractivity contribution in [3.63, 3.8) is 0 Å². The molecule has 108 valence electrons. The molecule has 0 radical (unpaired) electrons. The van der Waals surface area contributed by atoms with Crippen LogP contribution in [0.2, 0.25) is 15.1 Å². The van der Waals surface area contributed by atoms with Crippen LogP contribution in [-0.4, -0.2) is 29.2 Å². The molecular weight excluding hydrogens is 328 g/mol. The van der Waals surface area contributed by atoms with Gasteiger partial charge in [0.15, 0.2) is 6.10 Å². The topological polar surface area (TPSA) is 75.6 Å². The van der Waals surface area contributed by atoms with Crippen LogP contribution < -0.4 is 5.32 Å². The monoisotopic (exact) mass is 337 g/mol. The van der Waals surface area contributed by atoms with Gasteiger partial charge in [-0.15, -0.1) is 0 Å². The Labute approximate surface area is 129 Å². The predicted molar refractivity (Wildman–Crippen MR) is 75.6 cm³/mol. The Morgan fingerprint density at radius 2 is 1.70 bits per heavy atom. The number of carbonyl (C=O) groups excluding carboxylic acids is 1. The lowest BCUT2D eigenvalue weighted by Crippen LogP contribution is -2.30. The van der Waals surface area contributed by atoms with Crippen molar-refractivity contribution in [3.05, 3.63) is 27.2 Å². The number of carboxylic acids is 1. The van der Waals surface area contributed by atoms with E-state index in [1.54, 1.807) is 0 Å². The molecule has 1 saturated heterocycles. The maximum absolute atomic E-state index is 12.0. The predicted octanol–water partition coefficient (Wildman–Crippen LogP) is 3.22. The summed E-state index contributed by atoms with van der Waals surface area (Å²) in [6.07, 6.45) is -1.14. The highest BCUT2D eigenvalue weighted by molar-refractivity contribution is 6.44. The van der Waals surface area contributed by atoms with Crippen LogP contribution in [0.5, 0.6) is 0 Å². The molecule has 1 heterocycles. The van der Waals surface area contributed by atoms with E-state index in [0.29, 0.717) is 18.5 Å². The molecule has 0 bridgehead atoms. The van der Waals surface area contributed by atoms with Gasteiger partial charge < -0.3 is 15.2 Å².